The van der Waals surface area contributed by atoms with Crippen molar-refractivity contribution in [2.24, 2.45) is 52.8 Å². The van der Waals surface area contributed by atoms with Gasteiger partial charge in [-0.25, -0.2) is 0 Å². The Morgan fingerprint density at radius 3 is 2.35 bits per heavy atom. The van der Waals surface area contributed by atoms with Gasteiger partial charge in [0.05, 0.1) is 17.8 Å². The quantitative estimate of drug-likeness (QED) is 0.547. The number of aliphatic hydroxyl groups is 3. The summed E-state index contributed by atoms with van der Waals surface area (Å²) in [7, 11) is 0. The van der Waals surface area contributed by atoms with E-state index in [0.29, 0.717) is 35.6 Å². The lowest BCUT2D eigenvalue weighted by molar-refractivity contribution is -0.176. The van der Waals surface area contributed by atoms with Gasteiger partial charge in [-0.05, 0) is 117 Å². The van der Waals surface area contributed by atoms with Gasteiger partial charge in [0.2, 0.25) is 0 Å². The molecular formula is C27H45NO3. The van der Waals surface area contributed by atoms with Crippen LogP contribution >= 0.6 is 0 Å². The van der Waals surface area contributed by atoms with Gasteiger partial charge in [0.15, 0.2) is 0 Å². The van der Waals surface area contributed by atoms with E-state index in [4.69, 9.17) is 0 Å². The maximum Gasteiger partial charge on any atom is 0.0805 e. The molecule has 2 saturated heterocycles. The average Bonchev–Trinajstić information content (AvgIpc) is 3.09. The predicted octanol–water partition coefficient (Wildman–Crippen LogP) is 3.68. The van der Waals surface area contributed by atoms with Gasteiger partial charge in [-0.15, -0.1) is 0 Å². The molecule has 4 nitrogen and oxygen atoms in total. The van der Waals surface area contributed by atoms with Crippen molar-refractivity contribution >= 4 is 0 Å². The van der Waals surface area contributed by atoms with Crippen molar-refractivity contribution in [2.75, 3.05) is 13.1 Å². The van der Waals surface area contributed by atoms with E-state index in [2.05, 4.69) is 25.7 Å². The van der Waals surface area contributed by atoms with Gasteiger partial charge in [-0.2, -0.15) is 0 Å². The normalized spacial score (nSPS) is 61.5. The van der Waals surface area contributed by atoms with Gasteiger partial charge >= 0.3 is 0 Å². The molecule has 2 heterocycles. The zero-order valence-electron chi connectivity index (χ0n) is 19.9. The van der Waals surface area contributed by atoms with Crippen LogP contribution in [0.1, 0.15) is 78.6 Å². The van der Waals surface area contributed by atoms with E-state index in [0.717, 1.165) is 50.5 Å². The first kappa shape index (κ1) is 21.4. The van der Waals surface area contributed by atoms with E-state index in [-0.39, 0.29) is 23.5 Å². The highest BCUT2D eigenvalue weighted by molar-refractivity contribution is 5.14. The molecule has 4 heteroatoms. The average molecular weight is 432 g/mol. The molecule has 0 radical (unpaired) electrons. The lowest BCUT2D eigenvalue weighted by Crippen LogP contribution is -2.67. The van der Waals surface area contributed by atoms with E-state index >= 15 is 0 Å². The zero-order valence-corrected chi connectivity index (χ0v) is 19.9. The summed E-state index contributed by atoms with van der Waals surface area (Å²) in [4.78, 5) is 2.68. The van der Waals surface area contributed by atoms with Crippen LogP contribution in [-0.4, -0.2) is 57.2 Å². The standard InChI is InChI=1S/C27H45NO3/c1-15-4-7-25-27(3,31)21-6-5-17-18(20(21)14-28(25)13-15)11-22-19(17)12-24(30)23-10-16(29)8-9-26(22,23)2/h15-25,29-31H,4-14H2,1-3H3/t15-,16-,17-,18+,19-,20-,21-,22-,23+,24-,25+,26+,27-/m0/s1. The summed E-state index contributed by atoms with van der Waals surface area (Å²) < 4.78 is 0. The first-order valence-electron chi connectivity index (χ1n) is 13.5. The van der Waals surface area contributed by atoms with Crippen LogP contribution < -0.4 is 0 Å². The Kier molecular flexibility index (Phi) is 4.94. The minimum Gasteiger partial charge on any atom is -0.393 e. The fourth-order valence-corrected chi connectivity index (χ4v) is 10.6. The second-order valence-corrected chi connectivity index (χ2v) is 13.4. The summed E-state index contributed by atoms with van der Waals surface area (Å²) in [5.74, 6) is 4.89. The Balaban J connectivity index is 1.30. The van der Waals surface area contributed by atoms with Crippen molar-refractivity contribution in [1.82, 2.24) is 4.90 Å². The number of hydrogen-bond acceptors (Lipinski definition) is 4. The van der Waals surface area contributed by atoms with Crippen molar-refractivity contribution < 1.29 is 15.3 Å². The van der Waals surface area contributed by atoms with Crippen LogP contribution in [0.25, 0.3) is 0 Å². The molecule has 4 aliphatic carbocycles. The monoisotopic (exact) mass is 431 g/mol. The lowest BCUT2D eigenvalue weighted by Gasteiger charge is -2.60. The summed E-state index contributed by atoms with van der Waals surface area (Å²) in [6, 6.07) is 0.355. The summed E-state index contributed by atoms with van der Waals surface area (Å²) in [5.41, 5.74) is -0.365. The van der Waals surface area contributed by atoms with E-state index in [9.17, 15) is 15.3 Å². The number of hydrogen-bond donors (Lipinski definition) is 3. The SMILES string of the molecule is C[C@H]1CC[C@H]2N(C1)C[C@H]1[C@@H]3C[C@H]4[C@@H](C[C@H](O)[C@H]5C[C@@H](O)CC[C@@]54C)[C@H]3CC[C@@H]1[C@]2(C)O. The third kappa shape index (κ3) is 3.00. The van der Waals surface area contributed by atoms with Crippen molar-refractivity contribution in [3.8, 4) is 0 Å². The van der Waals surface area contributed by atoms with Crippen LogP contribution in [0.2, 0.25) is 0 Å². The fourth-order valence-electron chi connectivity index (χ4n) is 10.6. The van der Waals surface area contributed by atoms with Crippen LogP contribution in [0.15, 0.2) is 0 Å². The number of nitrogens with zero attached hydrogens (tertiary/aromatic N) is 1. The van der Waals surface area contributed by atoms with Crippen LogP contribution in [0, 0.1) is 52.8 Å². The molecule has 0 amide bonds. The Labute approximate surface area is 188 Å². The second-order valence-electron chi connectivity index (χ2n) is 13.4. The molecule has 13 atom stereocenters. The third-order valence-corrected chi connectivity index (χ3v) is 12.0. The van der Waals surface area contributed by atoms with Gasteiger partial charge in [0.25, 0.3) is 0 Å². The highest BCUT2D eigenvalue weighted by Gasteiger charge is 2.64. The van der Waals surface area contributed by atoms with Crippen LogP contribution in [0.4, 0.5) is 0 Å². The predicted molar refractivity (Wildman–Crippen MR) is 121 cm³/mol. The van der Waals surface area contributed by atoms with E-state index in [1.54, 1.807) is 0 Å². The van der Waals surface area contributed by atoms with Crippen LogP contribution in [0.3, 0.4) is 0 Å². The van der Waals surface area contributed by atoms with Gasteiger partial charge in [0.1, 0.15) is 0 Å². The van der Waals surface area contributed by atoms with Crippen molar-refractivity contribution in [3.05, 3.63) is 0 Å². The molecule has 6 fully saturated rings. The lowest BCUT2D eigenvalue weighted by atomic mass is 9.51. The summed E-state index contributed by atoms with van der Waals surface area (Å²) in [6.07, 6.45) is 9.43. The highest BCUT2D eigenvalue weighted by Crippen LogP contribution is 2.67. The molecule has 2 aliphatic heterocycles. The molecule has 0 unspecified atom stereocenters. The van der Waals surface area contributed by atoms with Crippen molar-refractivity contribution in [2.45, 2.75) is 102 Å². The first-order valence-corrected chi connectivity index (χ1v) is 13.5. The van der Waals surface area contributed by atoms with Gasteiger partial charge < -0.3 is 15.3 Å². The molecule has 4 saturated carbocycles. The molecule has 0 aromatic rings. The van der Waals surface area contributed by atoms with E-state index in [1.165, 1.54) is 32.2 Å². The molecule has 0 bridgehead atoms. The molecule has 6 rings (SSSR count). The Bertz CT molecular complexity index is 711. The molecule has 6 aliphatic rings. The number of piperidine rings is 2. The van der Waals surface area contributed by atoms with Crippen molar-refractivity contribution in [3.63, 3.8) is 0 Å². The maximum absolute atomic E-state index is 11.8. The Morgan fingerprint density at radius 2 is 1.55 bits per heavy atom. The Morgan fingerprint density at radius 1 is 0.742 bits per heavy atom. The topological polar surface area (TPSA) is 63.9 Å². The minimum atomic E-state index is -0.553. The minimum absolute atomic E-state index is 0.188. The first-order chi connectivity index (χ1) is 14.7. The molecule has 176 valence electrons. The number of rotatable bonds is 0. The summed E-state index contributed by atoms with van der Waals surface area (Å²) in [5, 5.41) is 33.3. The molecule has 0 aromatic heterocycles. The van der Waals surface area contributed by atoms with Crippen molar-refractivity contribution in [1.29, 1.82) is 0 Å². The maximum atomic E-state index is 11.8. The van der Waals surface area contributed by atoms with Crippen LogP contribution in [0.5, 0.6) is 0 Å². The largest absolute Gasteiger partial charge is 0.393 e. The van der Waals surface area contributed by atoms with E-state index in [1.807, 2.05) is 0 Å². The van der Waals surface area contributed by atoms with Gasteiger partial charge in [-0.1, -0.05) is 13.8 Å². The molecule has 0 spiro atoms. The summed E-state index contributed by atoms with van der Waals surface area (Å²) >= 11 is 0. The highest BCUT2D eigenvalue weighted by atomic mass is 16.3. The van der Waals surface area contributed by atoms with Crippen LogP contribution in [-0.2, 0) is 0 Å². The molecule has 0 aromatic carbocycles. The van der Waals surface area contributed by atoms with Gasteiger partial charge in [0, 0.05) is 19.1 Å². The zero-order chi connectivity index (χ0) is 21.7. The molecular weight excluding hydrogens is 386 g/mol. The molecule has 3 N–H and O–H groups in total. The second kappa shape index (κ2) is 7.17. The third-order valence-electron chi connectivity index (χ3n) is 12.0. The Hall–Kier alpha value is -0.160. The molecule has 31 heavy (non-hydrogen) atoms. The number of fused-ring (bicyclic) bond motifs is 8. The number of aliphatic hydroxyl groups excluding tert-OH is 2. The van der Waals surface area contributed by atoms with E-state index < -0.39 is 5.60 Å². The fraction of sp³-hybridized carbons (Fsp3) is 1.00. The van der Waals surface area contributed by atoms with Gasteiger partial charge in [-0.3, -0.25) is 4.90 Å². The smallest absolute Gasteiger partial charge is 0.0805 e. The summed E-state index contributed by atoms with van der Waals surface area (Å²) in [6.45, 7) is 9.36.